The van der Waals surface area contributed by atoms with Crippen LogP contribution in [0.5, 0.6) is 5.75 Å². The third-order valence-electron chi connectivity index (χ3n) is 2.37. The standard InChI is InChI=1S/C11H11ClN2O3S2/c1-7-10(18-11(12)14-7)19(16,17)13-6-8-2-4-9(15)5-3-8/h2-5,13,15H,6H2,1H3. The van der Waals surface area contributed by atoms with Crippen LogP contribution < -0.4 is 4.72 Å². The second-order valence-electron chi connectivity index (χ2n) is 3.83. The Kier molecular flexibility index (Phi) is 4.10. The number of nitrogens with zero attached hydrogens (tertiary/aromatic N) is 1. The Balaban J connectivity index is 2.14. The maximum Gasteiger partial charge on any atom is 0.252 e. The van der Waals surface area contributed by atoms with E-state index >= 15 is 0 Å². The zero-order valence-electron chi connectivity index (χ0n) is 9.92. The van der Waals surface area contributed by atoms with Crippen LogP contribution in [-0.2, 0) is 16.6 Å². The highest BCUT2D eigenvalue weighted by atomic mass is 35.5. The topological polar surface area (TPSA) is 79.3 Å². The van der Waals surface area contributed by atoms with E-state index < -0.39 is 10.0 Å². The van der Waals surface area contributed by atoms with Crippen LogP contribution in [0.2, 0.25) is 4.47 Å². The number of phenolic OH excluding ortho intramolecular Hbond substituents is 1. The Bertz CT molecular complexity index is 680. The molecule has 0 unspecified atom stereocenters. The van der Waals surface area contributed by atoms with E-state index in [4.69, 9.17) is 16.7 Å². The minimum Gasteiger partial charge on any atom is -0.508 e. The Labute approximate surface area is 119 Å². The van der Waals surface area contributed by atoms with Crippen molar-refractivity contribution in [1.82, 2.24) is 9.71 Å². The first kappa shape index (κ1) is 14.3. The van der Waals surface area contributed by atoms with Gasteiger partial charge in [-0.25, -0.2) is 18.1 Å². The molecule has 2 N–H and O–H groups in total. The van der Waals surface area contributed by atoms with Gasteiger partial charge < -0.3 is 5.11 Å². The lowest BCUT2D eigenvalue weighted by molar-refractivity contribution is 0.475. The van der Waals surface area contributed by atoms with Crippen molar-refractivity contribution in [3.63, 3.8) is 0 Å². The molecule has 19 heavy (non-hydrogen) atoms. The lowest BCUT2D eigenvalue weighted by Crippen LogP contribution is -2.23. The van der Waals surface area contributed by atoms with Crippen molar-refractivity contribution < 1.29 is 13.5 Å². The predicted octanol–water partition coefficient (Wildman–Crippen LogP) is 2.29. The molecule has 1 aromatic carbocycles. The molecule has 0 saturated heterocycles. The van der Waals surface area contributed by atoms with Crippen molar-refractivity contribution in [1.29, 1.82) is 0 Å². The number of hydrogen-bond acceptors (Lipinski definition) is 5. The fourth-order valence-electron chi connectivity index (χ4n) is 1.46. The molecular formula is C11H11ClN2O3S2. The minimum absolute atomic E-state index is 0.122. The molecule has 1 aromatic heterocycles. The van der Waals surface area contributed by atoms with Crippen molar-refractivity contribution in [2.45, 2.75) is 17.7 Å². The number of sulfonamides is 1. The van der Waals surface area contributed by atoms with E-state index in [0.717, 1.165) is 16.9 Å². The summed E-state index contributed by atoms with van der Waals surface area (Å²) in [6, 6.07) is 6.28. The molecule has 0 amide bonds. The van der Waals surface area contributed by atoms with Gasteiger partial charge in [-0.05, 0) is 24.6 Å². The Hall–Kier alpha value is -1.15. The SMILES string of the molecule is Cc1nc(Cl)sc1S(=O)(=O)NCc1ccc(O)cc1. The molecule has 0 aliphatic rings. The number of thiazole rings is 1. The van der Waals surface area contributed by atoms with Crippen LogP contribution in [0.25, 0.3) is 0 Å². The lowest BCUT2D eigenvalue weighted by atomic mass is 10.2. The van der Waals surface area contributed by atoms with Gasteiger partial charge in [0, 0.05) is 6.54 Å². The smallest absolute Gasteiger partial charge is 0.252 e. The van der Waals surface area contributed by atoms with Gasteiger partial charge in [-0.15, -0.1) is 0 Å². The van der Waals surface area contributed by atoms with Crippen LogP contribution in [0.4, 0.5) is 0 Å². The summed E-state index contributed by atoms with van der Waals surface area (Å²) in [5.74, 6) is 0.136. The second-order valence-corrected chi connectivity index (χ2v) is 7.37. The van der Waals surface area contributed by atoms with Gasteiger partial charge in [0.2, 0.25) is 0 Å². The summed E-state index contributed by atoms with van der Waals surface area (Å²) in [5, 5.41) is 9.14. The zero-order valence-corrected chi connectivity index (χ0v) is 12.3. The summed E-state index contributed by atoms with van der Waals surface area (Å²) in [7, 11) is -3.62. The minimum atomic E-state index is -3.62. The molecule has 0 bridgehead atoms. The highest BCUT2D eigenvalue weighted by molar-refractivity contribution is 7.91. The Morgan fingerprint density at radius 3 is 2.53 bits per heavy atom. The number of aromatic hydroxyl groups is 1. The maximum atomic E-state index is 12.1. The molecule has 0 aliphatic carbocycles. The van der Waals surface area contributed by atoms with Gasteiger partial charge in [-0.3, -0.25) is 0 Å². The van der Waals surface area contributed by atoms with Crippen LogP contribution in [0.1, 0.15) is 11.3 Å². The monoisotopic (exact) mass is 318 g/mol. The third-order valence-corrected chi connectivity index (χ3v) is 5.65. The van der Waals surface area contributed by atoms with Gasteiger partial charge in [0.15, 0.2) is 8.68 Å². The van der Waals surface area contributed by atoms with E-state index in [1.165, 1.54) is 12.1 Å². The van der Waals surface area contributed by atoms with Gasteiger partial charge >= 0.3 is 0 Å². The van der Waals surface area contributed by atoms with Crippen molar-refractivity contribution >= 4 is 33.0 Å². The van der Waals surface area contributed by atoms with Crippen LogP contribution in [0.15, 0.2) is 28.5 Å². The normalized spacial score (nSPS) is 11.7. The summed E-state index contributed by atoms with van der Waals surface area (Å²) in [6.45, 7) is 1.73. The maximum absolute atomic E-state index is 12.1. The number of nitrogens with one attached hydrogen (secondary N) is 1. The number of halogens is 1. The molecule has 0 fully saturated rings. The fraction of sp³-hybridized carbons (Fsp3) is 0.182. The summed E-state index contributed by atoms with van der Waals surface area (Å²) in [5.41, 5.74) is 1.13. The lowest BCUT2D eigenvalue weighted by Gasteiger charge is -2.05. The van der Waals surface area contributed by atoms with Gasteiger partial charge in [-0.2, -0.15) is 0 Å². The zero-order chi connectivity index (χ0) is 14.0. The van der Waals surface area contributed by atoms with Gasteiger partial charge in [-0.1, -0.05) is 35.1 Å². The molecule has 0 saturated carbocycles. The molecule has 2 aromatic rings. The number of hydrogen-bond donors (Lipinski definition) is 2. The van der Waals surface area contributed by atoms with Crippen molar-refractivity contribution in [3.05, 3.63) is 40.0 Å². The molecule has 0 atom stereocenters. The molecule has 0 radical (unpaired) electrons. The molecule has 102 valence electrons. The van der Waals surface area contributed by atoms with Crippen molar-refractivity contribution in [3.8, 4) is 5.75 Å². The first-order valence-electron chi connectivity index (χ1n) is 5.29. The summed E-state index contributed by atoms with van der Waals surface area (Å²) >= 11 is 6.62. The molecule has 0 spiro atoms. The summed E-state index contributed by atoms with van der Waals surface area (Å²) in [4.78, 5) is 3.88. The quantitative estimate of drug-likeness (QED) is 0.906. The summed E-state index contributed by atoms with van der Waals surface area (Å²) < 4.78 is 26.9. The predicted molar refractivity (Wildman–Crippen MR) is 74.0 cm³/mol. The molecule has 2 rings (SSSR count). The van der Waals surface area contributed by atoms with Gasteiger partial charge in [0.05, 0.1) is 5.69 Å². The number of benzene rings is 1. The van der Waals surface area contributed by atoms with Crippen LogP contribution in [0, 0.1) is 6.92 Å². The highest BCUT2D eigenvalue weighted by Gasteiger charge is 2.20. The van der Waals surface area contributed by atoms with E-state index in [2.05, 4.69) is 9.71 Å². The molecular weight excluding hydrogens is 308 g/mol. The number of rotatable bonds is 4. The van der Waals surface area contributed by atoms with Crippen molar-refractivity contribution in [2.24, 2.45) is 0 Å². The Morgan fingerprint density at radius 2 is 2.00 bits per heavy atom. The average Bonchev–Trinajstić information content (AvgIpc) is 2.69. The van der Waals surface area contributed by atoms with Crippen LogP contribution >= 0.6 is 22.9 Å². The molecule has 8 heteroatoms. The number of aryl methyl sites for hydroxylation is 1. The van der Waals surface area contributed by atoms with Crippen LogP contribution in [-0.4, -0.2) is 18.5 Å². The molecule has 1 heterocycles. The fourth-order valence-corrected chi connectivity index (χ4v) is 4.26. The van der Waals surface area contributed by atoms with E-state index in [0.29, 0.717) is 5.69 Å². The summed E-state index contributed by atoms with van der Waals surface area (Å²) in [6.07, 6.45) is 0. The average molecular weight is 319 g/mol. The van der Waals surface area contributed by atoms with E-state index in [9.17, 15) is 8.42 Å². The van der Waals surface area contributed by atoms with E-state index in [-0.39, 0.29) is 21.0 Å². The Morgan fingerprint density at radius 1 is 1.37 bits per heavy atom. The van der Waals surface area contributed by atoms with E-state index in [1.807, 2.05) is 0 Å². The molecule has 5 nitrogen and oxygen atoms in total. The molecule has 0 aliphatic heterocycles. The number of aromatic nitrogens is 1. The third kappa shape index (κ3) is 3.44. The van der Waals surface area contributed by atoms with Crippen LogP contribution in [0.3, 0.4) is 0 Å². The van der Waals surface area contributed by atoms with E-state index in [1.54, 1.807) is 19.1 Å². The van der Waals surface area contributed by atoms with Crippen molar-refractivity contribution in [2.75, 3.05) is 0 Å². The first-order chi connectivity index (χ1) is 8.88. The highest BCUT2D eigenvalue weighted by Crippen LogP contribution is 2.26. The first-order valence-corrected chi connectivity index (χ1v) is 7.97. The van der Waals surface area contributed by atoms with Gasteiger partial charge in [0.1, 0.15) is 5.75 Å². The number of phenols is 1. The second kappa shape index (κ2) is 5.46. The van der Waals surface area contributed by atoms with Gasteiger partial charge in [0.25, 0.3) is 10.0 Å². The largest absolute Gasteiger partial charge is 0.508 e.